The van der Waals surface area contributed by atoms with E-state index in [1.807, 2.05) is 0 Å². The van der Waals surface area contributed by atoms with Crippen LogP contribution < -0.4 is 0 Å². The van der Waals surface area contributed by atoms with Gasteiger partial charge in [-0.1, -0.05) is 20.8 Å². The van der Waals surface area contributed by atoms with Gasteiger partial charge in [-0.25, -0.2) is 0 Å². The normalized spacial score (nSPS) is 20.4. The van der Waals surface area contributed by atoms with E-state index >= 15 is 0 Å². The summed E-state index contributed by atoms with van der Waals surface area (Å²) in [6.07, 6.45) is 7.09. The topological polar surface area (TPSA) is 12.9 Å². The highest BCUT2D eigenvalue weighted by Gasteiger charge is 2.23. The van der Waals surface area contributed by atoms with E-state index in [4.69, 9.17) is 0 Å². The molecule has 0 aliphatic heterocycles. The molecule has 0 spiro atoms. The molecule has 1 heterocycles. The van der Waals surface area contributed by atoms with Crippen LogP contribution in [0.3, 0.4) is 0 Å². The van der Waals surface area contributed by atoms with Crippen LogP contribution in [0.1, 0.15) is 56.4 Å². The van der Waals surface area contributed by atoms with Crippen LogP contribution in [0.4, 0.5) is 0 Å². The molecule has 1 atom stereocenters. The molecule has 15 heavy (non-hydrogen) atoms. The summed E-state index contributed by atoms with van der Waals surface area (Å²) >= 11 is 0. The van der Waals surface area contributed by atoms with Gasteiger partial charge in [0.2, 0.25) is 0 Å². The van der Waals surface area contributed by atoms with Crippen LogP contribution in [0.5, 0.6) is 0 Å². The zero-order chi connectivity index (χ0) is 10.8. The number of hydrogen-bond acceptors (Lipinski definition) is 1. The Morgan fingerprint density at radius 1 is 1.47 bits per heavy atom. The summed E-state index contributed by atoms with van der Waals surface area (Å²) in [4.78, 5) is 4.50. The number of rotatable bonds is 2. The number of aryl methyl sites for hydroxylation is 2. The number of nitrogens with zero attached hydrogens (tertiary/aromatic N) is 1. The first kappa shape index (κ1) is 10.7. The van der Waals surface area contributed by atoms with Gasteiger partial charge < -0.3 is 0 Å². The van der Waals surface area contributed by atoms with Gasteiger partial charge in [0.25, 0.3) is 0 Å². The highest BCUT2D eigenvalue weighted by molar-refractivity contribution is 5.32. The van der Waals surface area contributed by atoms with Crippen LogP contribution in [-0.4, -0.2) is 4.98 Å². The molecule has 0 bridgehead atoms. The molecule has 0 aromatic carbocycles. The molecule has 0 unspecified atom stereocenters. The van der Waals surface area contributed by atoms with Crippen molar-refractivity contribution in [2.75, 3.05) is 0 Å². The van der Waals surface area contributed by atoms with Gasteiger partial charge in [0.05, 0.1) is 0 Å². The summed E-state index contributed by atoms with van der Waals surface area (Å²) in [6.45, 7) is 6.86. The number of hydrogen-bond donors (Lipinski definition) is 0. The maximum atomic E-state index is 4.50. The van der Waals surface area contributed by atoms with E-state index in [9.17, 15) is 0 Å². The molecule has 1 heteroatoms. The molecule has 0 fully saturated rings. The molecule has 82 valence electrons. The first-order valence-corrected chi connectivity index (χ1v) is 6.20. The van der Waals surface area contributed by atoms with Crippen LogP contribution in [-0.2, 0) is 12.8 Å². The lowest BCUT2D eigenvalue weighted by Crippen LogP contribution is -2.15. The zero-order valence-electron chi connectivity index (χ0n) is 10.1. The number of fused-ring (bicyclic) bond motifs is 1. The van der Waals surface area contributed by atoms with Crippen molar-refractivity contribution in [1.29, 1.82) is 0 Å². The fourth-order valence-electron chi connectivity index (χ4n) is 2.65. The minimum atomic E-state index is 0.760. The summed E-state index contributed by atoms with van der Waals surface area (Å²) in [7, 11) is 0. The van der Waals surface area contributed by atoms with Crippen molar-refractivity contribution < 1.29 is 0 Å². The average Bonchev–Trinajstić information content (AvgIpc) is 2.27. The molecular formula is C14H21N. The third kappa shape index (κ3) is 2.06. The SMILES string of the molecule is CCc1cc2c(cn1)CCC[C@@H]2C(C)C. The Kier molecular flexibility index (Phi) is 3.08. The van der Waals surface area contributed by atoms with Crippen LogP contribution >= 0.6 is 0 Å². The van der Waals surface area contributed by atoms with E-state index < -0.39 is 0 Å². The Bertz CT molecular complexity index is 341. The first-order valence-electron chi connectivity index (χ1n) is 6.20. The fraction of sp³-hybridized carbons (Fsp3) is 0.643. The number of pyridine rings is 1. The van der Waals surface area contributed by atoms with Gasteiger partial charge in [0.1, 0.15) is 0 Å². The van der Waals surface area contributed by atoms with E-state index in [0.717, 1.165) is 18.3 Å². The summed E-state index contributed by atoms with van der Waals surface area (Å²) in [5.41, 5.74) is 4.33. The second kappa shape index (κ2) is 4.34. The Morgan fingerprint density at radius 2 is 2.27 bits per heavy atom. The molecule has 0 N–H and O–H groups in total. The lowest BCUT2D eigenvalue weighted by Gasteiger charge is -2.28. The van der Waals surface area contributed by atoms with Crippen molar-refractivity contribution in [1.82, 2.24) is 4.98 Å². The van der Waals surface area contributed by atoms with Gasteiger partial charge >= 0.3 is 0 Å². The van der Waals surface area contributed by atoms with Gasteiger partial charge in [0, 0.05) is 11.9 Å². The molecule has 0 amide bonds. The quantitative estimate of drug-likeness (QED) is 0.714. The first-order chi connectivity index (χ1) is 7.22. The van der Waals surface area contributed by atoms with E-state index in [1.54, 1.807) is 5.56 Å². The zero-order valence-corrected chi connectivity index (χ0v) is 10.1. The Morgan fingerprint density at radius 3 is 2.93 bits per heavy atom. The van der Waals surface area contributed by atoms with Gasteiger partial charge in [-0.05, 0) is 54.7 Å². The maximum absolute atomic E-state index is 4.50. The predicted octanol–water partition coefficient (Wildman–Crippen LogP) is 3.72. The molecule has 0 saturated heterocycles. The predicted molar refractivity (Wildman–Crippen MR) is 64.1 cm³/mol. The van der Waals surface area contributed by atoms with Crippen LogP contribution in [0.15, 0.2) is 12.3 Å². The van der Waals surface area contributed by atoms with Gasteiger partial charge in [-0.15, -0.1) is 0 Å². The van der Waals surface area contributed by atoms with E-state index in [-0.39, 0.29) is 0 Å². The minimum Gasteiger partial charge on any atom is -0.261 e. The summed E-state index contributed by atoms with van der Waals surface area (Å²) in [5.74, 6) is 1.53. The van der Waals surface area contributed by atoms with Gasteiger partial charge in [0.15, 0.2) is 0 Å². The van der Waals surface area contributed by atoms with Crippen molar-refractivity contribution in [2.24, 2.45) is 5.92 Å². The minimum absolute atomic E-state index is 0.760. The van der Waals surface area contributed by atoms with Crippen molar-refractivity contribution in [2.45, 2.75) is 52.4 Å². The Labute approximate surface area is 92.9 Å². The third-order valence-corrected chi connectivity index (χ3v) is 3.61. The molecule has 1 aromatic rings. The van der Waals surface area contributed by atoms with E-state index in [1.165, 1.54) is 30.5 Å². The molecule has 1 aliphatic rings. The van der Waals surface area contributed by atoms with E-state index in [0.29, 0.717) is 0 Å². The molecule has 2 rings (SSSR count). The fourth-order valence-corrected chi connectivity index (χ4v) is 2.65. The van der Waals surface area contributed by atoms with Gasteiger partial charge in [-0.3, -0.25) is 4.98 Å². The molecule has 1 aliphatic carbocycles. The van der Waals surface area contributed by atoms with Gasteiger partial charge in [-0.2, -0.15) is 0 Å². The lowest BCUT2D eigenvalue weighted by molar-refractivity contribution is 0.432. The highest BCUT2D eigenvalue weighted by atomic mass is 14.7. The molecule has 0 radical (unpaired) electrons. The number of aromatic nitrogens is 1. The third-order valence-electron chi connectivity index (χ3n) is 3.61. The van der Waals surface area contributed by atoms with Crippen molar-refractivity contribution in [3.63, 3.8) is 0 Å². The second-order valence-corrected chi connectivity index (χ2v) is 4.97. The summed E-state index contributed by atoms with van der Waals surface area (Å²) in [6, 6.07) is 2.35. The smallest absolute Gasteiger partial charge is 0.0403 e. The van der Waals surface area contributed by atoms with Crippen LogP contribution in [0.25, 0.3) is 0 Å². The lowest BCUT2D eigenvalue weighted by atomic mass is 9.77. The van der Waals surface area contributed by atoms with Crippen molar-refractivity contribution >= 4 is 0 Å². The Hall–Kier alpha value is -0.850. The van der Waals surface area contributed by atoms with E-state index in [2.05, 4.69) is 38.0 Å². The molecule has 1 aromatic heterocycles. The highest BCUT2D eigenvalue weighted by Crippen LogP contribution is 2.36. The van der Waals surface area contributed by atoms with Crippen LogP contribution in [0.2, 0.25) is 0 Å². The van der Waals surface area contributed by atoms with Crippen LogP contribution in [0, 0.1) is 5.92 Å². The largest absolute Gasteiger partial charge is 0.261 e. The Balaban J connectivity index is 2.39. The molecule has 1 nitrogen and oxygen atoms in total. The maximum Gasteiger partial charge on any atom is 0.0403 e. The monoisotopic (exact) mass is 203 g/mol. The van der Waals surface area contributed by atoms with Crippen molar-refractivity contribution in [3.05, 3.63) is 29.1 Å². The second-order valence-electron chi connectivity index (χ2n) is 4.97. The standard InChI is InChI=1S/C14H21N/c1-4-12-8-14-11(9-15-12)6-5-7-13(14)10(2)3/h8-10,13H,4-7H2,1-3H3/t13-/m1/s1. The summed E-state index contributed by atoms with van der Waals surface area (Å²) in [5, 5.41) is 0. The molecular weight excluding hydrogens is 182 g/mol. The van der Waals surface area contributed by atoms with Crippen molar-refractivity contribution in [3.8, 4) is 0 Å². The summed E-state index contributed by atoms with van der Waals surface area (Å²) < 4.78 is 0. The molecule has 0 saturated carbocycles. The average molecular weight is 203 g/mol.